The van der Waals surface area contributed by atoms with Crippen LogP contribution in [0.1, 0.15) is 38.0 Å². The summed E-state index contributed by atoms with van der Waals surface area (Å²) in [5.41, 5.74) is 4.04. The number of rotatable bonds is 7. The van der Waals surface area contributed by atoms with Gasteiger partial charge in [-0.3, -0.25) is 9.69 Å². The van der Waals surface area contributed by atoms with Gasteiger partial charge in [-0.1, -0.05) is 24.3 Å². The van der Waals surface area contributed by atoms with Gasteiger partial charge in [-0.2, -0.15) is 0 Å². The van der Waals surface area contributed by atoms with Crippen LogP contribution >= 0.6 is 11.3 Å². The highest BCUT2D eigenvalue weighted by molar-refractivity contribution is 7.16. The first-order chi connectivity index (χ1) is 16.0. The van der Waals surface area contributed by atoms with Gasteiger partial charge in [0.15, 0.2) is 11.5 Å². The topological polar surface area (TPSA) is 60.0 Å². The average molecular weight is 467 g/mol. The molecular formula is C26H30N2O4S. The summed E-state index contributed by atoms with van der Waals surface area (Å²) in [6, 6.07) is 15.3. The second kappa shape index (κ2) is 10.4. The Balaban J connectivity index is 1.80. The van der Waals surface area contributed by atoms with Crippen LogP contribution in [0.15, 0.2) is 48.5 Å². The normalized spacial score (nSPS) is 15.2. The van der Waals surface area contributed by atoms with Crippen LogP contribution in [0.2, 0.25) is 0 Å². The Hall–Kier alpha value is -2.87. The van der Waals surface area contributed by atoms with Crippen molar-refractivity contribution in [2.75, 3.05) is 45.8 Å². The quantitative estimate of drug-likeness (QED) is 0.528. The fourth-order valence-corrected chi connectivity index (χ4v) is 5.34. The molecule has 174 valence electrons. The van der Waals surface area contributed by atoms with Crippen LogP contribution in [0.4, 0.5) is 5.00 Å². The number of benzene rings is 2. The van der Waals surface area contributed by atoms with Gasteiger partial charge in [0, 0.05) is 29.1 Å². The fraction of sp³-hybridized carbons (Fsp3) is 0.346. The summed E-state index contributed by atoms with van der Waals surface area (Å²) in [7, 11) is 3.29. The van der Waals surface area contributed by atoms with Gasteiger partial charge in [0.05, 0.1) is 33.5 Å². The van der Waals surface area contributed by atoms with Crippen molar-refractivity contribution < 1.29 is 19.0 Å². The van der Waals surface area contributed by atoms with Crippen LogP contribution in [0.3, 0.4) is 0 Å². The Labute approximate surface area is 199 Å². The molecule has 0 bridgehead atoms. The number of nitrogens with zero attached hydrogens (tertiary/aromatic N) is 1. The molecule has 0 spiro atoms. The average Bonchev–Trinajstić information content (AvgIpc) is 3.13. The molecule has 2 aromatic carbocycles. The van der Waals surface area contributed by atoms with Crippen LogP contribution in [-0.4, -0.2) is 51.3 Å². The molecule has 1 amide bonds. The maximum atomic E-state index is 13.0. The van der Waals surface area contributed by atoms with Gasteiger partial charge >= 0.3 is 0 Å². The molecule has 4 rings (SSSR count). The zero-order valence-electron chi connectivity index (χ0n) is 19.5. The number of hydrogen-bond donors (Lipinski definition) is 1. The van der Waals surface area contributed by atoms with E-state index in [1.807, 2.05) is 42.5 Å². The number of anilines is 1. The largest absolute Gasteiger partial charge is 0.493 e. The lowest BCUT2D eigenvalue weighted by Crippen LogP contribution is -2.40. The fourth-order valence-electron chi connectivity index (χ4n) is 4.25. The first-order valence-electron chi connectivity index (χ1n) is 11.0. The number of thiophene rings is 1. The maximum absolute atomic E-state index is 13.0. The van der Waals surface area contributed by atoms with Gasteiger partial charge in [0.25, 0.3) is 5.91 Å². The Morgan fingerprint density at radius 1 is 1.03 bits per heavy atom. The minimum atomic E-state index is -0.105. The lowest BCUT2D eigenvalue weighted by molar-refractivity contribution is 0.0240. The molecule has 7 heteroatoms. The highest BCUT2D eigenvalue weighted by Crippen LogP contribution is 2.44. The van der Waals surface area contributed by atoms with Crippen molar-refractivity contribution in [3.05, 3.63) is 75.7 Å². The molecule has 1 saturated heterocycles. The zero-order valence-corrected chi connectivity index (χ0v) is 20.3. The summed E-state index contributed by atoms with van der Waals surface area (Å²) in [4.78, 5) is 16.6. The highest BCUT2D eigenvalue weighted by Gasteiger charge is 2.31. The van der Waals surface area contributed by atoms with Gasteiger partial charge in [-0.05, 0) is 49.2 Å². The number of carbonyl (C=O) groups is 1. The molecule has 2 heterocycles. The van der Waals surface area contributed by atoms with Gasteiger partial charge in [0.1, 0.15) is 5.00 Å². The van der Waals surface area contributed by atoms with E-state index in [1.165, 1.54) is 10.4 Å². The molecular weight excluding hydrogens is 436 g/mol. The number of methoxy groups -OCH3 is 2. The number of aryl methyl sites for hydroxylation is 1. The Morgan fingerprint density at radius 2 is 1.73 bits per heavy atom. The predicted octanol–water partition coefficient (Wildman–Crippen LogP) is 5.06. The highest BCUT2D eigenvalue weighted by atomic mass is 32.1. The number of hydrogen-bond acceptors (Lipinski definition) is 6. The van der Waals surface area contributed by atoms with Crippen molar-refractivity contribution in [2.45, 2.75) is 19.9 Å². The SMILES string of the molecule is COc1ccc(C(c2c(NC(=O)c3ccccc3)sc(C)c2C)N2CCOCC2)cc1OC. The van der Waals surface area contributed by atoms with Gasteiger partial charge < -0.3 is 19.5 Å². The molecule has 1 aliphatic heterocycles. The smallest absolute Gasteiger partial charge is 0.256 e. The molecule has 0 saturated carbocycles. The van der Waals surface area contributed by atoms with E-state index in [9.17, 15) is 4.79 Å². The Bertz CT molecular complexity index is 1110. The number of carbonyl (C=O) groups excluding carboxylic acids is 1. The number of amides is 1. The molecule has 0 radical (unpaired) electrons. The van der Waals surface area contributed by atoms with Crippen molar-refractivity contribution >= 4 is 22.2 Å². The summed E-state index contributed by atoms with van der Waals surface area (Å²) < 4.78 is 16.7. The summed E-state index contributed by atoms with van der Waals surface area (Å²) in [6.45, 7) is 7.20. The van der Waals surface area contributed by atoms with Crippen molar-refractivity contribution in [3.8, 4) is 11.5 Å². The van der Waals surface area contributed by atoms with E-state index in [4.69, 9.17) is 14.2 Å². The van der Waals surface area contributed by atoms with E-state index in [-0.39, 0.29) is 11.9 Å². The first-order valence-corrected chi connectivity index (χ1v) is 11.8. The second-order valence-corrected chi connectivity index (χ2v) is 9.24. The molecule has 1 fully saturated rings. The molecule has 3 aromatic rings. The Kier molecular flexibility index (Phi) is 7.33. The van der Waals surface area contributed by atoms with Crippen molar-refractivity contribution in [3.63, 3.8) is 0 Å². The monoisotopic (exact) mass is 466 g/mol. The molecule has 1 aromatic heterocycles. The lowest BCUT2D eigenvalue weighted by Gasteiger charge is -2.36. The summed E-state index contributed by atoms with van der Waals surface area (Å²) in [5.74, 6) is 1.27. The van der Waals surface area contributed by atoms with Gasteiger partial charge in [-0.25, -0.2) is 0 Å². The third kappa shape index (κ3) is 4.90. The van der Waals surface area contributed by atoms with Crippen LogP contribution < -0.4 is 14.8 Å². The molecule has 1 aliphatic rings. The minimum Gasteiger partial charge on any atom is -0.493 e. The van der Waals surface area contributed by atoms with E-state index >= 15 is 0 Å². The van der Waals surface area contributed by atoms with Crippen LogP contribution in [0.25, 0.3) is 0 Å². The van der Waals surface area contributed by atoms with Crippen molar-refractivity contribution in [1.82, 2.24) is 4.90 Å². The molecule has 0 aliphatic carbocycles. The first kappa shape index (κ1) is 23.3. The third-order valence-electron chi connectivity index (χ3n) is 6.10. The maximum Gasteiger partial charge on any atom is 0.256 e. The second-order valence-electron chi connectivity index (χ2n) is 8.01. The van der Waals surface area contributed by atoms with Gasteiger partial charge in [-0.15, -0.1) is 11.3 Å². The number of morpholine rings is 1. The van der Waals surface area contributed by atoms with E-state index in [2.05, 4.69) is 30.1 Å². The molecule has 1 unspecified atom stereocenters. The lowest BCUT2D eigenvalue weighted by atomic mass is 9.94. The standard InChI is InChI=1S/C26H30N2O4S/c1-17-18(2)33-26(27-25(29)19-8-6-5-7-9-19)23(17)24(28-12-14-32-15-13-28)20-10-11-21(30-3)22(16-20)31-4/h5-11,16,24H,12-15H2,1-4H3,(H,27,29). The third-order valence-corrected chi connectivity index (χ3v) is 7.24. The Morgan fingerprint density at radius 3 is 2.39 bits per heavy atom. The van der Waals surface area contributed by atoms with E-state index in [0.717, 1.165) is 29.2 Å². The summed E-state index contributed by atoms with van der Waals surface area (Å²) in [5, 5.41) is 4.07. The van der Waals surface area contributed by atoms with Gasteiger partial charge in [0.2, 0.25) is 0 Å². The number of ether oxygens (including phenoxy) is 3. The molecule has 1 N–H and O–H groups in total. The van der Waals surface area contributed by atoms with Crippen molar-refractivity contribution in [1.29, 1.82) is 0 Å². The van der Waals surface area contributed by atoms with Crippen molar-refractivity contribution in [2.24, 2.45) is 0 Å². The van der Waals surface area contributed by atoms with Crippen LogP contribution in [-0.2, 0) is 4.74 Å². The van der Waals surface area contributed by atoms with Crippen LogP contribution in [0, 0.1) is 13.8 Å². The molecule has 1 atom stereocenters. The number of nitrogens with one attached hydrogen (secondary N) is 1. The summed E-state index contributed by atoms with van der Waals surface area (Å²) >= 11 is 1.62. The minimum absolute atomic E-state index is 0.0512. The molecule has 6 nitrogen and oxygen atoms in total. The van der Waals surface area contributed by atoms with E-state index in [0.29, 0.717) is 30.3 Å². The summed E-state index contributed by atoms with van der Waals surface area (Å²) in [6.07, 6.45) is 0. The predicted molar refractivity (Wildman–Crippen MR) is 132 cm³/mol. The van der Waals surface area contributed by atoms with E-state index in [1.54, 1.807) is 25.6 Å². The molecule has 33 heavy (non-hydrogen) atoms. The van der Waals surface area contributed by atoms with Crippen LogP contribution in [0.5, 0.6) is 11.5 Å². The zero-order chi connectivity index (χ0) is 23.4. The van der Waals surface area contributed by atoms with E-state index < -0.39 is 0 Å².